The number of ether oxygens (including phenoxy) is 2. The van der Waals surface area contributed by atoms with Gasteiger partial charge in [-0.25, -0.2) is 14.0 Å². The number of hydrogen-bond donors (Lipinski definition) is 2. The molecule has 1 rings (SSSR count). The van der Waals surface area contributed by atoms with Crippen molar-refractivity contribution in [1.82, 2.24) is 0 Å². The minimum atomic E-state index is -0.887. The van der Waals surface area contributed by atoms with Gasteiger partial charge in [-0.15, -0.1) is 0 Å². The highest BCUT2D eigenvalue weighted by atomic mass is 19.1. The number of rotatable bonds is 7. The molecule has 1 aromatic carbocycles. The first-order valence-corrected chi connectivity index (χ1v) is 7.27. The molecule has 0 aromatic heterocycles. The first-order valence-electron chi connectivity index (χ1n) is 7.27. The number of hydrogen-bond acceptors (Lipinski definition) is 6. The molecule has 0 atom stereocenters. The predicted molar refractivity (Wildman–Crippen MR) is 85.7 cm³/mol. The van der Waals surface area contributed by atoms with E-state index in [1.807, 2.05) is 0 Å². The van der Waals surface area contributed by atoms with E-state index in [-0.39, 0.29) is 24.8 Å². The SMILES string of the molecule is CCOC(=O)C(=CNc1cc(NC(C)=O)ccc1F)C(=O)OCC. The molecular formula is C16H19FN2O5. The quantitative estimate of drug-likeness (QED) is 0.343. The Kier molecular flexibility index (Phi) is 7.41. The van der Waals surface area contributed by atoms with Gasteiger partial charge in [0.2, 0.25) is 5.91 Å². The number of nitrogens with one attached hydrogen (secondary N) is 2. The van der Waals surface area contributed by atoms with Crippen LogP contribution in [0.3, 0.4) is 0 Å². The number of halogens is 1. The normalized spacial score (nSPS) is 9.67. The molecule has 24 heavy (non-hydrogen) atoms. The summed E-state index contributed by atoms with van der Waals surface area (Å²) in [5, 5.41) is 5.01. The van der Waals surface area contributed by atoms with E-state index in [9.17, 15) is 18.8 Å². The van der Waals surface area contributed by atoms with Crippen LogP contribution in [0.5, 0.6) is 0 Å². The molecule has 0 aliphatic carbocycles. The molecule has 0 bridgehead atoms. The third kappa shape index (κ3) is 5.71. The highest BCUT2D eigenvalue weighted by molar-refractivity contribution is 6.14. The third-order valence-electron chi connectivity index (χ3n) is 2.65. The van der Waals surface area contributed by atoms with E-state index in [1.165, 1.54) is 19.1 Å². The van der Waals surface area contributed by atoms with Gasteiger partial charge in [0, 0.05) is 18.8 Å². The summed E-state index contributed by atoms with van der Waals surface area (Å²) in [5.74, 6) is -2.72. The summed E-state index contributed by atoms with van der Waals surface area (Å²) in [7, 11) is 0. The fraction of sp³-hybridized carbons (Fsp3) is 0.312. The molecule has 0 radical (unpaired) electrons. The summed E-state index contributed by atoms with van der Waals surface area (Å²) in [4.78, 5) is 34.6. The molecule has 130 valence electrons. The van der Waals surface area contributed by atoms with Gasteiger partial charge in [-0.05, 0) is 32.0 Å². The van der Waals surface area contributed by atoms with E-state index in [1.54, 1.807) is 13.8 Å². The van der Waals surface area contributed by atoms with Gasteiger partial charge in [-0.2, -0.15) is 0 Å². The molecule has 0 unspecified atom stereocenters. The van der Waals surface area contributed by atoms with Crippen molar-refractivity contribution in [2.75, 3.05) is 23.8 Å². The minimum absolute atomic E-state index is 0.0349. The molecular weight excluding hydrogens is 319 g/mol. The van der Waals surface area contributed by atoms with Crippen LogP contribution >= 0.6 is 0 Å². The maximum Gasteiger partial charge on any atom is 0.347 e. The zero-order chi connectivity index (χ0) is 18.1. The average molecular weight is 338 g/mol. The molecule has 0 fully saturated rings. The topological polar surface area (TPSA) is 93.7 Å². The number of benzene rings is 1. The Morgan fingerprint density at radius 3 is 2.21 bits per heavy atom. The molecule has 1 aromatic rings. The van der Waals surface area contributed by atoms with Crippen LogP contribution in [0.1, 0.15) is 20.8 Å². The van der Waals surface area contributed by atoms with Crippen LogP contribution in [0, 0.1) is 5.82 Å². The second-order valence-corrected chi connectivity index (χ2v) is 4.52. The van der Waals surface area contributed by atoms with Crippen LogP contribution < -0.4 is 10.6 Å². The smallest absolute Gasteiger partial charge is 0.347 e. The van der Waals surface area contributed by atoms with Gasteiger partial charge in [0.05, 0.1) is 18.9 Å². The molecule has 0 aliphatic heterocycles. The van der Waals surface area contributed by atoms with Crippen LogP contribution in [0.25, 0.3) is 0 Å². The fourth-order valence-electron chi connectivity index (χ4n) is 1.69. The fourth-order valence-corrected chi connectivity index (χ4v) is 1.69. The summed E-state index contributed by atoms with van der Waals surface area (Å²) in [5.41, 5.74) is -0.0796. The predicted octanol–water partition coefficient (Wildman–Crippen LogP) is 2.21. The van der Waals surface area contributed by atoms with Gasteiger partial charge in [0.25, 0.3) is 0 Å². The van der Waals surface area contributed by atoms with Crippen LogP contribution in [0.4, 0.5) is 15.8 Å². The Balaban J connectivity index is 3.05. The largest absolute Gasteiger partial charge is 0.462 e. The van der Waals surface area contributed by atoms with Crippen molar-refractivity contribution in [3.05, 3.63) is 35.8 Å². The van der Waals surface area contributed by atoms with Crippen molar-refractivity contribution in [2.45, 2.75) is 20.8 Å². The van der Waals surface area contributed by atoms with Gasteiger partial charge in [0.15, 0.2) is 5.57 Å². The van der Waals surface area contributed by atoms with E-state index in [4.69, 9.17) is 9.47 Å². The molecule has 0 aliphatic rings. The number of carbonyl (C=O) groups is 3. The highest BCUT2D eigenvalue weighted by Gasteiger charge is 2.21. The van der Waals surface area contributed by atoms with E-state index in [0.717, 1.165) is 12.3 Å². The van der Waals surface area contributed by atoms with Crippen molar-refractivity contribution in [2.24, 2.45) is 0 Å². The van der Waals surface area contributed by atoms with Crippen molar-refractivity contribution >= 4 is 29.2 Å². The van der Waals surface area contributed by atoms with Crippen LogP contribution in [-0.4, -0.2) is 31.1 Å². The summed E-state index contributed by atoms with van der Waals surface area (Å²) >= 11 is 0. The molecule has 0 saturated carbocycles. The molecule has 7 nitrogen and oxygen atoms in total. The lowest BCUT2D eigenvalue weighted by Gasteiger charge is -2.09. The second-order valence-electron chi connectivity index (χ2n) is 4.52. The summed E-state index contributed by atoms with van der Waals surface area (Å²) in [6.07, 6.45) is 1.01. The Bertz CT molecular complexity index is 638. The molecule has 8 heteroatoms. The van der Waals surface area contributed by atoms with Crippen molar-refractivity contribution in [3.63, 3.8) is 0 Å². The van der Waals surface area contributed by atoms with Gasteiger partial charge in [-0.1, -0.05) is 0 Å². The van der Waals surface area contributed by atoms with Crippen molar-refractivity contribution < 1.29 is 28.2 Å². The first kappa shape index (κ1) is 19.1. The van der Waals surface area contributed by atoms with Gasteiger partial charge in [-0.3, -0.25) is 4.79 Å². The van der Waals surface area contributed by atoms with Crippen molar-refractivity contribution in [3.8, 4) is 0 Å². The average Bonchev–Trinajstić information content (AvgIpc) is 2.50. The molecule has 2 N–H and O–H groups in total. The van der Waals surface area contributed by atoms with E-state index >= 15 is 0 Å². The Morgan fingerprint density at radius 2 is 1.71 bits per heavy atom. The molecule has 0 saturated heterocycles. The summed E-state index contributed by atoms with van der Waals surface area (Å²) < 4.78 is 23.4. The van der Waals surface area contributed by atoms with Gasteiger partial charge >= 0.3 is 11.9 Å². The van der Waals surface area contributed by atoms with Crippen LogP contribution in [0.15, 0.2) is 30.0 Å². The van der Waals surface area contributed by atoms with Gasteiger partial charge < -0.3 is 20.1 Å². The standard InChI is InChI=1S/C16H19FN2O5/c1-4-23-15(21)12(16(22)24-5-2)9-18-14-8-11(19-10(3)20)6-7-13(14)17/h6-9,18H,4-5H2,1-3H3,(H,19,20). The van der Waals surface area contributed by atoms with Crippen LogP contribution in [-0.2, 0) is 23.9 Å². The number of anilines is 2. The highest BCUT2D eigenvalue weighted by Crippen LogP contribution is 2.20. The second kappa shape index (κ2) is 9.29. The number of carbonyl (C=O) groups excluding carboxylic acids is 3. The van der Waals surface area contributed by atoms with Crippen molar-refractivity contribution in [1.29, 1.82) is 0 Å². The minimum Gasteiger partial charge on any atom is -0.462 e. The lowest BCUT2D eigenvalue weighted by Crippen LogP contribution is -2.19. The number of esters is 2. The molecule has 0 heterocycles. The molecule has 1 amide bonds. The summed E-state index contributed by atoms with van der Waals surface area (Å²) in [6.45, 7) is 4.63. The lowest BCUT2D eigenvalue weighted by molar-refractivity contribution is -0.146. The lowest BCUT2D eigenvalue weighted by atomic mass is 10.2. The Morgan fingerprint density at radius 1 is 1.12 bits per heavy atom. The monoisotopic (exact) mass is 338 g/mol. The Labute approximate surface area is 138 Å². The zero-order valence-corrected chi connectivity index (χ0v) is 13.6. The maximum absolute atomic E-state index is 13.8. The maximum atomic E-state index is 13.8. The van der Waals surface area contributed by atoms with E-state index < -0.39 is 23.3 Å². The van der Waals surface area contributed by atoms with Gasteiger partial charge in [0.1, 0.15) is 5.82 Å². The molecule has 0 spiro atoms. The number of amides is 1. The zero-order valence-electron chi connectivity index (χ0n) is 13.6. The summed E-state index contributed by atoms with van der Waals surface area (Å²) in [6, 6.07) is 3.83. The Hall–Kier alpha value is -2.90. The first-order chi connectivity index (χ1) is 11.4. The van der Waals surface area contributed by atoms with E-state index in [2.05, 4.69) is 10.6 Å². The van der Waals surface area contributed by atoms with Crippen LogP contribution in [0.2, 0.25) is 0 Å². The third-order valence-corrected chi connectivity index (χ3v) is 2.65. The van der Waals surface area contributed by atoms with E-state index in [0.29, 0.717) is 5.69 Å².